The molecule has 1 amide bonds. The van der Waals surface area contributed by atoms with E-state index in [2.05, 4.69) is 15.5 Å². The summed E-state index contributed by atoms with van der Waals surface area (Å²) >= 11 is 0. The molecule has 8 heteroatoms. The Labute approximate surface area is 168 Å². The maximum Gasteiger partial charge on any atom is 0.289 e. The molecule has 3 aromatic rings. The van der Waals surface area contributed by atoms with Gasteiger partial charge in [-0.2, -0.15) is 0 Å². The number of amides is 1. The molecule has 8 nitrogen and oxygen atoms in total. The van der Waals surface area contributed by atoms with Crippen LogP contribution in [0.2, 0.25) is 0 Å². The Bertz CT molecular complexity index is 1030. The van der Waals surface area contributed by atoms with Crippen LogP contribution in [-0.2, 0) is 6.61 Å². The van der Waals surface area contributed by atoms with E-state index in [4.69, 9.17) is 0 Å². The van der Waals surface area contributed by atoms with Gasteiger partial charge in [-0.3, -0.25) is 9.36 Å². The third-order valence-electron chi connectivity index (χ3n) is 4.59. The van der Waals surface area contributed by atoms with Crippen molar-refractivity contribution < 1.29 is 20.1 Å². The summed E-state index contributed by atoms with van der Waals surface area (Å²) in [6.45, 7) is 5.97. The number of carbonyl (C=O) groups excluding carboxylic acids is 1. The molecule has 29 heavy (non-hydrogen) atoms. The second-order valence-corrected chi connectivity index (χ2v) is 6.95. The Morgan fingerprint density at radius 2 is 1.79 bits per heavy atom. The molecule has 0 bridgehead atoms. The lowest BCUT2D eigenvalue weighted by Crippen LogP contribution is -2.26. The summed E-state index contributed by atoms with van der Waals surface area (Å²) in [5.41, 5.74) is 2.31. The van der Waals surface area contributed by atoms with E-state index in [0.717, 1.165) is 5.56 Å². The molecule has 0 aliphatic heterocycles. The largest absolute Gasteiger partial charge is 0.508 e. The van der Waals surface area contributed by atoms with Crippen LogP contribution >= 0.6 is 0 Å². The van der Waals surface area contributed by atoms with Crippen LogP contribution in [0.5, 0.6) is 11.5 Å². The number of nitrogens with one attached hydrogen (secondary N) is 1. The number of rotatable bonds is 6. The number of nitrogens with zero attached hydrogens (tertiary/aromatic N) is 3. The fourth-order valence-electron chi connectivity index (χ4n) is 3.08. The van der Waals surface area contributed by atoms with Gasteiger partial charge >= 0.3 is 0 Å². The van der Waals surface area contributed by atoms with E-state index in [-0.39, 0.29) is 35.7 Å². The molecule has 1 aromatic heterocycles. The van der Waals surface area contributed by atoms with Crippen LogP contribution in [-0.4, -0.2) is 42.5 Å². The van der Waals surface area contributed by atoms with E-state index < -0.39 is 5.91 Å². The Kier molecular flexibility index (Phi) is 5.84. The van der Waals surface area contributed by atoms with Crippen LogP contribution in [0.1, 0.15) is 48.4 Å². The molecule has 0 aliphatic carbocycles. The minimum absolute atomic E-state index is 0.0106. The topological polar surface area (TPSA) is 121 Å². The summed E-state index contributed by atoms with van der Waals surface area (Å²) in [6, 6.07) is 9.86. The van der Waals surface area contributed by atoms with Gasteiger partial charge in [0.25, 0.3) is 5.91 Å². The van der Waals surface area contributed by atoms with Crippen molar-refractivity contribution >= 4 is 5.91 Å². The Hall–Kier alpha value is -3.39. The molecule has 152 valence electrons. The molecule has 0 saturated carbocycles. The fraction of sp³-hybridized carbons (Fsp3) is 0.286. The molecule has 0 aliphatic rings. The Morgan fingerprint density at radius 3 is 2.38 bits per heavy atom. The highest BCUT2D eigenvalue weighted by Crippen LogP contribution is 2.38. The van der Waals surface area contributed by atoms with Crippen LogP contribution in [0, 0.1) is 0 Å². The molecule has 2 aromatic carbocycles. The van der Waals surface area contributed by atoms with Gasteiger partial charge in [0.1, 0.15) is 11.5 Å². The highest BCUT2D eigenvalue weighted by Gasteiger charge is 2.24. The minimum atomic E-state index is -0.403. The smallest absolute Gasteiger partial charge is 0.289 e. The molecule has 0 atom stereocenters. The molecule has 1 heterocycles. The van der Waals surface area contributed by atoms with Gasteiger partial charge in [-0.25, -0.2) is 0 Å². The number of aliphatic hydroxyl groups excluding tert-OH is 1. The summed E-state index contributed by atoms with van der Waals surface area (Å²) in [4.78, 5) is 12.5. The van der Waals surface area contributed by atoms with Crippen molar-refractivity contribution in [1.29, 1.82) is 0 Å². The number of benzene rings is 2. The number of hydrogen-bond acceptors (Lipinski definition) is 6. The van der Waals surface area contributed by atoms with Crippen molar-refractivity contribution in [3.8, 4) is 28.6 Å². The van der Waals surface area contributed by atoms with E-state index in [9.17, 15) is 20.1 Å². The second-order valence-electron chi connectivity index (χ2n) is 6.95. The normalized spacial score (nSPS) is 11.1. The zero-order valence-electron chi connectivity index (χ0n) is 16.5. The minimum Gasteiger partial charge on any atom is -0.508 e. The van der Waals surface area contributed by atoms with Crippen LogP contribution in [0.3, 0.4) is 0 Å². The average Bonchev–Trinajstić information content (AvgIpc) is 3.13. The van der Waals surface area contributed by atoms with E-state index in [1.807, 2.05) is 13.8 Å². The highest BCUT2D eigenvalue weighted by atomic mass is 16.3. The highest BCUT2D eigenvalue weighted by molar-refractivity contribution is 5.92. The zero-order valence-corrected chi connectivity index (χ0v) is 16.5. The predicted molar refractivity (Wildman–Crippen MR) is 108 cm³/mol. The number of carbonyl (C=O) groups is 1. The first-order valence-electron chi connectivity index (χ1n) is 9.37. The number of phenols is 2. The van der Waals surface area contributed by atoms with Crippen LogP contribution in [0.4, 0.5) is 0 Å². The Morgan fingerprint density at radius 1 is 1.10 bits per heavy atom. The maximum absolute atomic E-state index is 12.5. The van der Waals surface area contributed by atoms with Gasteiger partial charge in [-0.15, -0.1) is 10.2 Å². The van der Waals surface area contributed by atoms with E-state index >= 15 is 0 Å². The standard InChI is InChI=1S/C21H24N4O4/c1-4-22-21(29)20-24-23-19(25(20)14-7-5-13(11-26)6-8-14)16-9-15(12(2)3)17(27)10-18(16)28/h5-10,12,26-28H,4,11H2,1-3H3,(H,22,29). The molecular weight excluding hydrogens is 372 g/mol. The Balaban J connectivity index is 2.24. The average molecular weight is 396 g/mol. The summed E-state index contributed by atoms with van der Waals surface area (Å²) in [6.07, 6.45) is 0. The van der Waals surface area contributed by atoms with Crippen LogP contribution in [0.15, 0.2) is 36.4 Å². The molecule has 4 N–H and O–H groups in total. The molecular formula is C21H24N4O4. The summed E-state index contributed by atoms with van der Waals surface area (Å²) < 4.78 is 1.54. The van der Waals surface area contributed by atoms with E-state index in [1.165, 1.54) is 6.07 Å². The summed E-state index contributed by atoms with van der Waals surface area (Å²) in [5, 5.41) is 40.8. The van der Waals surface area contributed by atoms with Crippen molar-refractivity contribution in [2.75, 3.05) is 6.54 Å². The first-order valence-corrected chi connectivity index (χ1v) is 9.37. The van der Waals surface area contributed by atoms with Crippen molar-refractivity contribution in [3.63, 3.8) is 0 Å². The second kappa shape index (κ2) is 8.32. The van der Waals surface area contributed by atoms with E-state index in [0.29, 0.717) is 23.4 Å². The quantitative estimate of drug-likeness (QED) is 0.508. The van der Waals surface area contributed by atoms with Crippen molar-refractivity contribution in [3.05, 3.63) is 53.3 Å². The summed E-state index contributed by atoms with van der Waals surface area (Å²) in [7, 11) is 0. The van der Waals surface area contributed by atoms with Gasteiger partial charge < -0.3 is 20.6 Å². The first-order chi connectivity index (χ1) is 13.9. The first kappa shape index (κ1) is 20.3. The van der Waals surface area contributed by atoms with Crippen LogP contribution < -0.4 is 5.32 Å². The number of hydrogen-bond donors (Lipinski definition) is 4. The lowest BCUT2D eigenvalue weighted by Gasteiger charge is -2.14. The molecule has 3 rings (SSSR count). The molecule has 0 unspecified atom stereocenters. The van der Waals surface area contributed by atoms with Crippen LogP contribution in [0.25, 0.3) is 17.1 Å². The fourth-order valence-corrected chi connectivity index (χ4v) is 3.08. The number of aromatic nitrogens is 3. The maximum atomic E-state index is 12.5. The van der Waals surface area contributed by atoms with Gasteiger partial charge in [0.2, 0.25) is 5.82 Å². The lowest BCUT2D eigenvalue weighted by molar-refractivity contribution is 0.0943. The third kappa shape index (κ3) is 3.93. The molecule has 0 saturated heterocycles. The molecule has 0 fully saturated rings. The van der Waals surface area contributed by atoms with Gasteiger partial charge in [0, 0.05) is 18.3 Å². The van der Waals surface area contributed by atoms with Gasteiger partial charge in [0.05, 0.1) is 12.2 Å². The predicted octanol–water partition coefficient (Wildman–Crippen LogP) is 2.71. The number of aliphatic hydroxyl groups is 1. The van der Waals surface area contributed by atoms with Crippen molar-refractivity contribution in [1.82, 2.24) is 20.1 Å². The van der Waals surface area contributed by atoms with E-state index in [1.54, 1.807) is 41.8 Å². The number of phenolic OH excluding ortho intramolecular Hbond substituents is 2. The van der Waals surface area contributed by atoms with Gasteiger partial charge in [-0.1, -0.05) is 26.0 Å². The SMILES string of the molecule is CCNC(=O)c1nnc(-c2cc(C(C)C)c(O)cc2O)n1-c1ccc(CO)cc1. The number of aromatic hydroxyl groups is 2. The third-order valence-corrected chi connectivity index (χ3v) is 4.59. The molecule has 0 spiro atoms. The van der Waals surface area contributed by atoms with Crippen molar-refractivity contribution in [2.24, 2.45) is 0 Å². The summed E-state index contributed by atoms with van der Waals surface area (Å²) in [5.74, 6) is -0.240. The van der Waals surface area contributed by atoms with Gasteiger partial charge in [0.15, 0.2) is 5.82 Å². The molecule has 0 radical (unpaired) electrons. The van der Waals surface area contributed by atoms with Crippen molar-refractivity contribution in [2.45, 2.75) is 33.3 Å². The monoisotopic (exact) mass is 396 g/mol. The lowest BCUT2D eigenvalue weighted by atomic mass is 9.98. The van der Waals surface area contributed by atoms with Gasteiger partial charge in [-0.05, 0) is 42.2 Å². The zero-order chi connectivity index (χ0) is 21.1.